The largest absolute Gasteiger partial charge is 0.444 e. The van der Waals surface area contributed by atoms with E-state index in [0.29, 0.717) is 12.4 Å². The molecule has 0 amide bonds. The second-order valence-corrected chi connectivity index (χ2v) is 3.76. The SMILES string of the molecule is CNc1cccc(NCc2nc(C)c(C)o2)n1. The van der Waals surface area contributed by atoms with Crippen LogP contribution in [0.1, 0.15) is 17.3 Å². The highest BCUT2D eigenvalue weighted by Crippen LogP contribution is 2.12. The van der Waals surface area contributed by atoms with Crippen LogP contribution in [0.3, 0.4) is 0 Å². The van der Waals surface area contributed by atoms with Crippen molar-refractivity contribution in [2.24, 2.45) is 0 Å². The van der Waals surface area contributed by atoms with Crippen molar-refractivity contribution < 1.29 is 4.42 Å². The highest BCUT2D eigenvalue weighted by Gasteiger charge is 2.05. The molecule has 0 aliphatic carbocycles. The second kappa shape index (κ2) is 4.86. The van der Waals surface area contributed by atoms with Crippen molar-refractivity contribution in [3.63, 3.8) is 0 Å². The van der Waals surface area contributed by atoms with Gasteiger partial charge in [-0.3, -0.25) is 0 Å². The average Bonchev–Trinajstić information content (AvgIpc) is 2.67. The summed E-state index contributed by atoms with van der Waals surface area (Å²) in [5.74, 6) is 3.16. The summed E-state index contributed by atoms with van der Waals surface area (Å²) in [6.07, 6.45) is 0. The van der Waals surface area contributed by atoms with Crippen molar-refractivity contribution in [3.8, 4) is 0 Å². The van der Waals surface area contributed by atoms with Gasteiger partial charge in [0.2, 0.25) is 5.89 Å². The average molecular weight is 232 g/mol. The minimum absolute atomic E-state index is 0.537. The van der Waals surface area contributed by atoms with Gasteiger partial charge in [-0.05, 0) is 26.0 Å². The van der Waals surface area contributed by atoms with Crippen LogP contribution in [0.25, 0.3) is 0 Å². The summed E-state index contributed by atoms with van der Waals surface area (Å²) in [6.45, 7) is 4.38. The molecule has 2 aromatic rings. The number of nitrogens with zero attached hydrogens (tertiary/aromatic N) is 2. The Labute approximate surface area is 100 Å². The number of rotatable bonds is 4. The second-order valence-electron chi connectivity index (χ2n) is 3.76. The van der Waals surface area contributed by atoms with E-state index in [1.807, 2.05) is 39.1 Å². The van der Waals surface area contributed by atoms with Gasteiger partial charge in [0.1, 0.15) is 17.4 Å². The molecular formula is C12H16N4O. The molecule has 0 saturated carbocycles. The third-order valence-corrected chi connectivity index (χ3v) is 2.50. The highest BCUT2D eigenvalue weighted by molar-refractivity contribution is 5.44. The van der Waals surface area contributed by atoms with Gasteiger partial charge in [-0.15, -0.1) is 0 Å². The Morgan fingerprint density at radius 2 is 1.94 bits per heavy atom. The molecule has 0 saturated heterocycles. The number of anilines is 2. The van der Waals surface area contributed by atoms with Crippen LogP contribution >= 0.6 is 0 Å². The van der Waals surface area contributed by atoms with Gasteiger partial charge in [0.15, 0.2) is 0 Å². The standard InChI is InChI=1S/C12H16N4O/c1-8-9(2)17-12(15-8)7-14-11-6-4-5-10(13-3)16-11/h4-6H,7H2,1-3H3,(H2,13,14,16). The lowest BCUT2D eigenvalue weighted by Crippen LogP contribution is -2.03. The highest BCUT2D eigenvalue weighted by atomic mass is 16.4. The molecule has 5 nitrogen and oxygen atoms in total. The van der Waals surface area contributed by atoms with Gasteiger partial charge in [0.05, 0.1) is 12.2 Å². The van der Waals surface area contributed by atoms with E-state index < -0.39 is 0 Å². The summed E-state index contributed by atoms with van der Waals surface area (Å²) in [6, 6.07) is 5.75. The van der Waals surface area contributed by atoms with Gasteiger partial charge in [-0.25, -0.2) is 9.97 Å². The fraction of sp³-hybridized carbons (Fsp3) is 0.333. The van der Waals surface area contributed by atoms with E-state index in [1.54, 1.807) is 0 Å². The van der Waals surface area contributed by atoms with Crippen LogP contribution in [-0.4, -0.2) is 17.0 Å². The lowest BCUT2D eigenvalue weighted by atomic mass is 10.4. The smallest absolute Gasteiger partial charge is 0.213 e. The van der Waals surface area contributed by atoms with Crippen molar-refractivity contribution in [1.82, 2.24) is 9.97 Å². The van der Waals surface area contributed by atoms with Gasteiger partial charge >= 0.3 is 0 Å². The van der Waals surface area contributed by atoms with E-state index in [2.05, 4.69) is 20.6 Å². The number of oxazole rings is 1. The first-order valence-electron chi connectivity index (χ1n) is 5.50. The maximum atomic E-state index is 5.48. The lowest BCUT2D eigenvalue weighted by Gasteiger charge is -2.04. The van der Waals surface area contributed by atoms with Gasteiger partial charge in [0.25, 0.3) is 0 Å². The molecule has 17 heavy (non-hydrogen) atoms. The van der Waals surface area contributed by atoms with Gasteiger partial charge < -0.3 is 15.1 Å². The maximum absolute atomic E-state index is 5.48. The maximum Gasteiger partial charge on any atom is 0.213 e. The molecule has 2 aromatic heterocycles. The Bertz CT molecular complexity index is 487. The van der Waals surface area contributed by atoms with E-state index in [-0.39, 0.29) is 0 Å². The molecule has 0 unspecified atom stereocenters. The molecule has 2 N–H and O–H groups in total. The van der Waals surface area contributed by atoms with E-state index in [9.17, 15) is 0 Å². The number of pyridine rings is 1. The van der Waals surface area contributed by atoms with Crippen LogP contribution in [0, 0.1) is 13.8 Å². The van der Waals surface area contributed by atoms with Crippen LogP contribution in [0.15, 0.2) is 22.6 Å². The van der Waals surface area contributed by atoms with Crippen molar-refractivity contribution in [2.75, 3.05) is 17.7 Å². The Balaban J connectivity index is 2.01. The predicted octanol–water partition coefficient (Wildman–Crippen LogP) is 2.34. The molecule has 0 aliphatic rings. The molecule has 2 heterocycles. The fourth-order valence-corrected chi connectivity index (χ4v) is 1.45. The van der Waals surface area contributed by atoms with Gasteiger partial charge in [-0.1, -0.05) is 6.07 Å². The molecular weight excluding hydrogens is 216 g/mol. The quantitative estimate of drug-likeness (QED) is 0.847. The Kier molecular flexibility index (Phi) is 3.27. The van der Waals surface area contributed by atoms with Crippen molar-refractivity contribution in [2.45, 2.75) is 20.4 Å². The van der Waals surface area contributed by atoms with Crippen molar-refractivity contribution in [3.05, 3.63) is 35.5 Å². The Morgan fingerprint density at radius 1 is 1.18 bits per heavy atom. The minimum atomic E-state index is 0.537. The summed E-state index contributed by atoms with van der Waals surface area (Å²) in [4.78, 5) is 8.64. The molecule has 90 valence electrons. The first-order valence-corrected chi connectivity index (χ1v) is 5.50. The van der Waals surface area contributed by atoms with E-state index in [1.165, 1.54) is 0 Å². The first kappa shape index (κ1) is 11.4. The Morgan fingerprint density at radius 3 is 2.59 bits per heavy atom. The zero-order valence-electron chi connectivity index (χ0n) is 10.2. The van der Waals surface area contributed by atoms with Gasteiger partial charge in [-0.2, -0.15) is 0 Å². The lowest BCUT2D eigenvalue weighted by molar-refractivity contribution is 0.478. The monoisotopic (exact) mass is 232 g/mol. The van der Waals surface area contributed by atoms with Crippen LogP contribution in [-0.2, 0) is 6.54 Å². The topological polar surface area (TPSA) is 63.0 Å². The van der Waals surface area contributed by atoms with E-state index in [0.717, 1.165) is 23.1 Å². The third-order valence-electron chi connectivity index (χ3n) is 2.50. The number of hydrogen-bond donors (Lipinski definition) is 2. The van der Waals surface area contributed by atoms with Crippen LogP contribution in [0.4, 0.5) is 11.6 Å². The fourth-order valence-electron chi connectivity index (χ4n) is 1.45. The molecule has 5 heteroatoms. The van der Waals surface area contributed by atoms with Crippen LogP contribution < -0.4 is 10.6 Å². The number of aromatic nitrogens is 2. The molecule has 0 bridgehead atoms. The van der Waals surface area contributed by atoms with Gasteiger partial charge in [0, 0.05) is 7.05 Å². The molecule has 2 rings (SSSR count). The predicted molar refractivity (Wildman–Crippen MR) is 67.1 cm³/mol. The third kappa shape index (κ3) is 2.75. The molecule has 0 aliphatic heterocycles. The first-order chi connectivity index (χ1) is 8.19. The minimum Gasteiger partial charge on any atom is -0.444 e. The molecule has 0 radical (unpaired) electrons. The molecule has 0 atom stereocenters. The zero-order valence-corrected chi connectivity index (χ0v) is 10.2. The summed E-state index contributed by atoms with van der Waals surface area (Å²) >= 11 is 0. The summed E-state index contributed by atoms with van der Waals surface area (Å²) < 4.78 is 5.48. The summed E-state index contributed by atoms with van der Waals surface area (Å²) in [7, 11) is 1.84. The number of aryl methyl sites for hydroxylation is 2. The number of hydrogen-bond acceptors (Lipinski definition) is 5. The van der Waals surface area contributed by atoms with Crippen LogP contribution in [0.2, 0.25) is 0 Å². The van der Waals surface area contributed by atoms with E-state index >= 15 is 0 Å². The normalized spacial score (nSPS) is 10.3. The summed E-state index contributed by atoms with van der Waals surface area (Å²) in [5.41, 5.74) is 0.929. The van der Waals surface area contributed by atoms with Crippen molar-refractivity contribution >= 4 is 11.6 Å². The molecule has 0 aromatic carbocycles. The molecule has 0 spiro atoms. The zero-order chi connectivity index (χ0) is 12.3. The summed E-state index contributed by atoms with van der Waals surface area (Å²) in [5, 5.41) is 6.16. The molecule has 0 fully saturated rings. The van der Waals surface area contributed by atoms with E-state index in [4.69, 9.17) is 4.42 Å². The Hall–Kier alpha value is -2.04. The number of nitrogens with one attached hydrogen (secondary N) is 2. The van der Waals surface area contributed by atoms with Crippen LogP contribution in [0.5, 0.6) is 0 Å². The van der Waals surface area contributed by atoms with Crippen molar-refractivity contribution in [1.29, 1.82) is 0 Å².